The molecule has 3 rings (SSSR count). The summed E-state index contributed by atoms with van der Waals surface area (Å²) in [6.45, 7) is 0.753. The van der Waals surface area contributed by atoms with Crippen LogP contribution < -0.4 is 10.0 Å². The number of thioether (sulfide) groups is 1. The second-order valence-corrected chi connectivity index (χ2v) is 10.5. The highest BCUT2D eigenvalue weighted by atomic mass is 79.9. The Balaban J connectivity index is 1.70. The molecule has 0 amide bonds. The summed E-state index contributed by atoms with van der Waals surface area (Å²) in [6.07, 6.45) is 3.39. The van der Waals surface area contributed by atoms with Crippen molar-refractivity contribution < 1.29 is 8.42 Å². The molecular formula is C12H17BrN2O2S3. The average molecular weight is 397 g/mol. The molecule has 1 atom stereocenters. The van der Waals surface area contributed by atoms with Gasteiger partial charge in [0.2, 0.25) is 10.0 Å². The van der Waals surface area contributed by atoms with Gasteiger partial charge in [0, 0.05) is 29.3 Å². The molecule has 1 aromatic rings. The van der Waals surface area contributed by atoms with Gasteiger partial charge in [-0.2, -0.15) is 11.8 Å². The number of rotatable bonds is 6. The molecule has 1 unspecified atom stereocenters. The molecule has 2 fully saturated rings. The molecule has 2 heterocycles. The van der Waals surface area contributed by atoms with Crippen LogP contribution in [-0.4, -0.2) is 32.0 Å². The van der Waals surface area contributed by atoms with Gasteiger partial charge < -0.3 is 5.32 Å². The second-order valence-electron chi connectivity index (χ2n) is 5.19. The van der Waals surface area contributed by atoms with Crippen molar-refractivity contribution in [3.05, 3.63) is 14.7 Å². The van der Waals surface area contributed by atoms with E-state index >= 15 is 0 Å². The smallest absolute Gasteiger partial charge is 0.242 e. The molecule has 1 aliphatic carbocycles. The van der Waals surface area contributed by atoms with E-state index in [9.17, 15) is 8.42 Å². The van der Waals surface area contributed by atoms with Crippen LogP contribution in [0.25, 0.3) is 0 Å². The van der Waals surface area contributed by atoms with Crippen molar-refractivity contribution in [1.29, 1.82) is 0 Å². The summed E-state index contributed by atoms with van der Waals surface area (Å²) in [5.74, 6) is 1.91. The van der Waals surface area contributed by atoms with E-state index in [2.05, 4.69) is 26.0 Å². The SMILES string of the molecule is O=S(=O)(NC1CCSC1)c1cc(CNC2CC2)sc1Br. The second kappa shape index (κ2) is 6.26. The number of thiophene rings is 1. The largest absolute Gasteiger partial charge is 0.309 e. The first-order valence-corrected chi connectivity index (χ1v) is 10.9. The summed E-state index contributed by atoms with van der Waals surface area (Å²) in [5.41, 5.74) is 0. The molecule has 2 aliphatic rings. The third kappa shape index (κ3) is 3.78. The lowest BCUT2D eigenvalue weighted by molar-refractivity contribution is 0.563. The molecule has 1 aromatic heterocycles. The van der Waals surface area contributed by atoms with E-state index in [1.807, 2.05) is 0 Å². The molecule has 0 aromatic carbocycles. The zero-order chi connectivity index (χ0) is 14.2. The molecule has 0 bridgehead atoms. The van der Waals surface area contributed by atoms with Crippen LogP contribution in [0.15, 0.2) is 14.7 Å². The van der Waals surface area contributed by atoms with E-state index in [4.69, 9.17) is 0 Å². The molecule has 20 heavy (non-hydrogen) atoms. The van der Waals surface area contributed by atoms with Crippen LogP contribution in [0.5, 0.6) is 0 Å². The predicted octanol–water partition coefficient (Wildman–Crippen LogP) is 2.55. The standard InChI is InChI=1S/C12H17BrN2O2S3/c13-12-11(5-10(19-12)6-14-8-1-2-8)20(16,17)15-9-3-4-18-7-9/h5,8-9,14-15H,1-4,6-7H2. The van der Waals surface area contributed by atoms with Gasteiger partial charge >= 0.3 is 0 Å². The molecule has 0 radical (unpaired) electrons. The molecule has 1 saturated carbocycles. The summed E-state index contributed by atoms with van der Waals surface area (Å²) in [6, 6.07) is 2.49. The van der Waals surface area contributed by atoms with Crippen molar-refractivity contribution in [3.63, 3.8) is 0 Å². The minimum absolute atomic E-state index is 0.0739. The van der Waals surface area contributed by atoms with E-state index in [-0.39, 0.29) is 6.04 Å². The Labute approximate surface area is 136 Å². The Bertz CT molecular complexity index is 578. The lowest BCUT2D eigenvalue weighted by atomic mass is 10.3. The first-order valence-electron chi connectivity index (χ1n) is 6.66. The van der Waals surface area contributed by atoms with Crippen LogP contribution >= 0.6 is 39.0 Å². The molecule has 8 heteroatoms. The molecule has 4 nitrogen and oxygen atoms in total. The third-order valence-corrected chi connectivity index (χ3v) is 8.32. The van der Waals surface area contributed by atoms with Crippen molar-refractivity contribution in [1.82, 2.24) is 10.0 Å². The Morgan fingerprint density at radius 2 is 2.10 bits per heavy atom. The maximum absolute atomic E-state index is 12.4. The highest BCUT2D eigenvalue weighted by Gasteiger charge is 2.27. The summed E-state index contributed by atoms with van der Waals surface area (Å²) in [7, 11) is -3.40. The van der Waals surface area contributed by atoms with E-state index in [1.54, 1.807) is 17.8 Å². The Kier molecular flexibility index (Phi) is 4.79. The molecule has 0 spiro atoms. The molecular weight excluding hydrogens is 380 g/mol. The maximum Gasteiger partial charge on any atom is 0.242 e. The first kappa shape index (κ1) is 15.3. The van der Waals surface area contributed by atoms with Gasteiger partial charge in [-0.15, -0.1) is 11.3 Å². The zero-order valence-electron chi connectivity index (χ0n) is 10.9. The first-order chi connectivity index (χ1) is 9.54. The van der Waals surface area contributed by atoms with Gasteiger partial charge in [0.15, 0.2) is 0 Å². The monoisotopic (exact) mass is 396 g/mol. The van der Waals surface area contributed by atoms with Crippen LogP contribution in [0.4, 0.5) is 0 Å². The minimum Gasteiger partial charge on any atom is -0.309 e. The summed E-state index contributed by atoms with van der Waals surface area (Å²) < 4.78 is 28.3. The fourth-order valence-electron chi connectivity index (χ4n) is 2.11. The third-order valence-electron chi connectivity index (χ3n) is 3.39. The molecule has 1 saturated heterocycles. The molecule has 1 aliphatic heterocycles. The van der Waals surface area contributed by atoms with Crippen LogP contribution in [0.3, 0.4) is 0 Å². The van der Waals surface area contributed by atoms with Crippen molar-refractivity contribution in [2.24, 2.45) is 0 Å². The molecule has 112 valence electrons. The zero-order valence-corrected chi connectivity index (χ0v) is 14.9. The van der Waals surface area contributed by atoms with E-state index < -0.39 is 10.0 Å². The van der Waals surface area contributed by atoms with E-state index in [0.717, 1.165) is 29.3 Å². The van der Waals surface area contributed by atoms with Crippen LogP contribution in [-0.2, 0) is 16.6 Å². The van der Waals surface area contributed by atoms with Crippen molar-refractivity contribution in [3.8, 4) is 0 Å². The summed E-state index contributed by atoms with van der Waals surface area (Å²) in [5, 5.41) is 3.41. The quantitative estimate of drug-likeness (QED) is 0.775. The lowest BCUT2D eigenvalue weighted by Crippen LogP contribution is -2.34. The fraction of sp³-hybridized carbons (Fsp3) is 0.667. The van der Waals surface area contributed by atoms with Gasteiger partial charge in [-0.25, -0.2) is 13.1 Å². The van der Waals surface area contributed by atoms with E-state index in [1.165, 1.54) is 24.2 Å². The highest BCUT2D eigenvalue weighted by molar-refractivity contribution is 9.11. The van der Waals surface area contributed by atoms with Crippen molar-refractivity contribution >= 4 is 49.1 Å². The lowest BCUT2D eigenvalue weighted by Gasteiger charge is -2.11. The van der Waals surface area contributed by atoms with Gasteiger partial charge in [-0.05, 0) is 47.0 Å². The summed E-state index contributed by atoms with van der Waals surface area (Å²) >= 11 is 6.69. The van der Waals surface area contributed by atoms with Gasteiger partial charge in [0.25, 0.3) is 0 Å². The molecule has 2 N–H and O–H groups in total. The number of hydrogen-bond donors (Lipinski definition) is 2. The Morgan fingerprint density at radius 3 is 2.75 bits per heavy atom. The number of nitrogens with one attached hydrogen (secondary N) is 2. The normalized spacial score (nSPS) is 23.4. The van der Waals surface area contributed by atoms with Crippen molar-refractivity contribution in [2.45, 2.75) is 42.8 Å². The van der Waals surface area contributed by atoms with Crippen LogP contribution in [0.2, 0.25) is 0 Å². The van der Waals surface area contributed by atoms with Gasteiger partial charge in [0.1, 0.15) is 4.90 Å². The van der Waals surface area contributed by atoms with Crippen LogP contribution in [0, 0.1) is 0 Å². The van der Waals surface area contributed by atoms with Crippen molar-refractivity contribution in [2.75, 3.05) is 11.5 Å². The maximum atomic E-state index is 12.4. The van der Waals surface area contributed by atoms with Crippen LogP contribution in [0.1, 0.15) is 24.1 Å². The van der Waals surface area contributed by atoms with Gasteiger partial charge in [0.05, 0.1) is 3.79 Å². The fourth-order valence-corrected chi connectivity index (χ4v) is 7.27. The summed E-state index contributed by atoms with van der Waals surface area (Å²) in [4.78, 5) is 1.44. The Morgan fingerprint density at radius 1 is 1.30 bits per heavy atom. The van der Waals surface area contributed by atoms with E-state index in [0.29, 0.717) is 14.7 Å². The number of hydrogen-bond acceptors (Lipinski definition) is 5. The number of sulfonamides is 1. The topological polar surface area (TPSA) is 58.2 Å². The highest BCUT2D eigenvalue weighted by Crippen LogP contribution is 2.33. The number of halogens is 1. The van der Waals surface area contributed by atoms with Gasteiger partial charge in [-0.3, -0.25) is 0 Å². The van der Waals surface area contributed by atoms with Gasteiger partial charge in [-0.1, -0.05) is 0 Å². The Hall–Kier alpha value is 0.400. The average Bonchev–Trinajstić information content (AvgIpc) is 2.93. The predicted molar refractivity (Wildman–Crippen MR) is 87.9 cm³/mol. The minimum atomic E-state index is -3.40.